The third kappa shape index (κ3) is 6.25. The lowest BCUT2D eigenvalue weighted by Crippen LogP contribution is -2.45. The second kappa shape index (κ2) is 10.9. The molecular formula is C22H30N2O2S3. The van der Waals surface area contributed by atoms with Crippen molar-refractivity contribution in [1.29, 1.82) is 0 Å². The molecule has 1 aliphatic rings. The third-order valence-electron chi connectivity index (χ3n) is 5.25. The topological polar surface area (TPSA) is 40.6 Å². The van der Waals surface area contributed by atoms with Crippen LogP contribution in [0.25, 0.3) is 0 Å². The van der Waals surface area contributed by atoms with Gasteiger partial charge in [0.1, 0.15) is 0 Å². The second-order valence-corrected chi connectivity index (χ2v) is 10.8. The standard InChI is InChI=1S/C22H30N2O2S3/c1-19(18-27)24(17-16-23-14-6-3-7-15-23)29(25,26)22-12-10-21(11-13-22)28-20-8-4-2-5-9-20/h2,4-5,8-13,19,27H,3,6-7,14-18H2,1H3/t19-/m1/s1. The number of benzene rings is 2. The number of hydrogen-bond donors (Lipinski definition) is 1. The monoisotopic (exact) mass is 450 g/mol. The molecule has 0 bridgehead atoms. The van der Waals surface area contributed by atoms with Gasteiger partial charge < -0.3 is 4.90 Å². The highest BCUT2D eigenvalue weighted by Crippen LogP contribution is 2.29. The molecule has 0 amide bonds. The van der Waals surface area contributed by atoms with E-state index in [1.54, 1.807) is 28.2 Å². The van der Waals surface area contributed by atoms with Crippen molar-refractivity contribution in [3.63, 3.8) is 0 Å². The van der Waals surface area contributed by atoms with Crippen LogP contribution in [-0.2, 0) is 10.0 Å². The van der Waals surface area contributed by atoms with E-state index in [0.717, 1.165) is 29.4 Å². The number of rotatable bonds is 9. The summed E-state index contributed by atoms with van der Waals surface area (Å²) in [6.45, 7) is 5.34. The van der Waals surface area contributed by atoms with Crippen molar-refractivity contribution in [2.24, 2.45) is 0 Å². The maximum Gasteiger partial charge on any atom is 0.243 e. The quantitative estimate of drug-likeness (QED) is 0.566. The summed E-state index contributed by atoms with van der Waals surface area (Å²) in [5.41, 5.74) is 0. The van der Waals surface area contributed by atoms with Gasteiger partial charge in [-0.05, 0) is 69.3 Å². The fraction of sp³-hybridized carbons (Fsp3) is 0.455. The molecule has 4 nitrogen and oxygen atoms in total. The summed E-state index contributed by atoms with van der Waals surface area (Å²) in [5.74, 6) is 0.501. The van der Waals surface area contributed by atoms with Crippen molar-refractivity contribution in [2.45, 2.75) is 46.9 Å². The molecule has 29 heavy (non-hydrogen) atoms. The maximum atomic E-state index is 13.3. The Morgan fingerprint density at radius 3 is 2.24 bits per heavy atom. The summed E-state index contributed by atoms with van der Waals surface area (Å²) >= 11 is 6.00. The predicted octanol–water partition coefficient (Wildman–Crippen LogP) is 4.63. The zero-order chi connectivity index (χ0) is 20.7. The van der Waals surface area contributed by atoms with Gasteiger partial charge in [-0.25, -0.2) is 8.42 Å². The van der Waals surface area contributed by atoms with E-state index >= 15 is 0 Å². The molecule has 158 valence electrons. The Labute approximate surface area is 185 Å². The highest BCUT2D eigenvalue weighted by atomic mass is 32.2. The van der Waals surface area contributed by atoms with Crippen LogP contribution in [0.5, 0.6) is 0 Å². The van der Waals surface area contributed by atoms with Crippen LogP contribution in [0, 0.1) is 0 Å². The van der Waals surface area contributed by atoms with Gasteiger partial charge in [0.2, 0.25) is 10.0 Å². The van der Waals surface area contributed by atoms with Crippen molar-refractivity contribution < 1.29 is 8.42 Å². The van der Waals surface area contributed by atoms with Crippen LogP contribution in [0.4, 0.5) is 0 Å². The van der Waals surface area contributed by atoms with E-state index in [-0.39, 0.29) is 6.04 Å². The summed E-state index contributed by atoms with van der Waals surface area (Å²) in [6.07, 6.45) is 3.68. The van der Waals surface area contributed by atoms with Crippen LogP contribution in [0.3, 0.4) is 0 Å². The second-order valence-electron chi connectivity index (χ2n) is 7.44. The van der Waals surface area contributed by atoms with E-state index in [9.17, 15) is 8.42 Å². The number of nitrogens with zero attached hydrogens (tertiary/aromatic N) is 2. The largest absolute Gasteiger partial charge is 0.302 e. The molecule has 3 rings (SSSR count). The minimum atomic E-state index is -3.55. The van der Waals surface area contributed by atoms with Gasteiger partial charge in [-0.15, -0.1) is 0 Å². The fourth-order valence-corrected chi connectivity index (χ4v) is 6.30. The van der Waals surface area contributed by atoms with E-state index in [0.29, 0.717) is 17.2 Å². The molecule has 0 N–H and O–H groups in total. The molecule has 2 aromatic rings. The molecule has 1 atom stereocenters. The molecule has 7 heteroatoms. The third-order valence-corrected chi connectivity index (χ3v) is 8.82. The van der Waals surface area contributed by atoms with Crippen molar-refractivity contribution in [2.75, 3.05) is 31.9 Å². The fourth-order valence-electron chi connectivity index (χ4n) is 3.53. The molecule has 2 aromatic carbocycles. The van der Waals surface area contributed by atoms with Gasteiger partial charge in [0.15, 0.2) is 0 Å². The summed E-state index contributed by atoms with van der Waals surface area (Å²) in [4.78, 5) is 4.88. The molecule has 0 aromatic heterocycles. The first-order valence-electron chi connectivity index (χ1n) is 10.2. The average molecular weight is 451 g/mol. The average Bonchev–Trinajstić information content (AvgIpc) is 2.75. The highest BCUT2D eigenvalue weighted by Gasteiger charge is 2.29. The molecule has 1 aliphatic heterocycles. The summed E-state index contributed by atoms with van der Waals surface area (Å²) in [7, 11) is -3.55. The zero-order valence-electron chi connectivity index (χ0n) is 16.9. The minimum absolute atomic E-state index is 0.147. The molecule has 1 heterocycles. The van der Waals surface area contributed by atoms with Crippen LogP contribution in [0.2, 0.25) is 0 Å². The SMILES string of the molecule is C[C@H](CS)N(CCN1CCCCC1)S(=O)(=O)c1ccc(Sc2ccccc2)cc1. The first kappa shape index (κ1) is 22.7. The van der Waals surface area contributed by atoms with Gasteiger partial charge in [0.25, 0.3) is 0 Å². The number of sulfonamides is 1. The molecule has 1 fully saturated rings. The lowest BCUT2D eigenvalue weighted by Gasteiger charge is -2.32. The lowest BCUT2D eigenvalue weighted by atomic mass is 10.1. The zero-order valence-corrected chi connectivity index (χ0v) is 19.4. The Hall–Kier alpha value is -0.990. The Morgan fingerprint density at radius 2 is 1.62 bits per heavy atom. The van der Waals surface area contributed by atoms with Gasteiger partial charge in [-0.3, -0.25) is 0 Å². The van der Waals surface area contributed by atoms with Gasteiger partial charge in [0.05, 0.1) is 4.90 Å². The Kier molecular flexibility index (Phi) is 8.50. The number of piperidine rings is 1. The molecule has 0 radical (unpaired) electrons. The lowest BCUT2D eigenvalue weighted by molar-refractivity contribution is 0.205. The van der Waals surface area contributed by atoms with E-state index in [1.807, 2.05) is 49.4 Å². The Bertz CT molecular complexity index is 851. The van der Waals surface area contributed by atoms with Crippen molar-refractivity contribution >= 4 is 34.4 Å². The van der Waals surface area contributed by atoms with Crippen molar-refractivity contribution in [3.05, 3.63) is 54.6 Å². The van der Waals surface area contributed by atoms with Crippen molar-refractivity contribution in [3.8, 4) is 0 Å². The number of thiol groups is 1. The molecule has 1 saturated heterocycles. The van der Waals surface area contributed by atoms with Crippen LogP contribution >= 0.6 is 24.4 Å². The van der Waals surface area contributed by atoms with E-state index in [2.05, 4.69) is 17.5 Å². The minimum Gasteiger partial charge on any atom is -0.302 e. The highest BCUT2D eigenvalue weighted by molar-refractivity contribution is 7.99. The first-order valence-corrected chi connectivity index (χ1v) is 13.1. The first-order chi connectivity index (χ1) is 14.0. The van der Waals surface area contributed by atoms with E-state index < -0.39 is 10.0 Å². The maximum absolute atomic E-state index is 13.3. The molecule has 0 unspecified atom stereocenters. The molecular weight excluding hydrogens is 420 g/mol. The van der Waals surface area contributed by atoms with Crippen LogP contribution < -0.4 is 0 Å². The summed E-state index contributed by atoms with van der Waals surface area (Å²) in [5, 5.41) is 0. The van der Waals surface area contributed by atoms with Crippen LogP contribution in [0.15, 0.2) is 69.3 Å². The normalized spacial score (nSPS) is 16.8. The van der Waals surface area contributed by atoms with E-state index in [1.165, 1.54) is 19.3 Å². The Morgan fingerprint density at radius 1 is 1.00 bits per heavy atom. The number of hydrogen-bond acceptors (Lipinski definition) is 5. The predicted molar refractivity (Wildman–Crippen MR) is 125 cm³/mol. The molecule has 0 saturated carbocycles. The smallest absolute Gasteiger partial charge is 0.243 e. The van der Waals surface area contributed by atoms with Crippen LogP contribution in [-0.4, -0.2) is 55.6 Å². The van der Waals surface area contributed by atoms with E-state index in [4.69, 9.17) is 0 Å². The number of likely N-dealkylation sites (tertiary alicyclic amines) is 1. The Balaban J connectivity index is 1.72. The van der Waals surface area contributed by atoms with Gasteiger partial charge in [-0.1, -0.05) is 36.4 Å². The molecule has 0 aliphatic carbocycles. The van der Waals surface area contributed by atoms with Gasteiger partial charge >= 0.3 is 0 Å². The van der Waals surface area contributed by atoms with Gasteiger partial charge in [0, 0.05) is 34.7 Å². The van der Waals surface area contributed by atoms with Crippen LogP contribution in [0.1, 0.15) is 26.2 Å². The summed E-state index contributed by atoms with van der Waals surface area (Å²) < 4.78 is 28.3. The van der Waals surface area contributed by atoms with Crippen molar-refractivity contribution in [1.82, 2.24) is 9.21 Å². The molecule has 0 spiro atoms. The summed E-state index contributed by atoms with van der Waals surface area (Å²) in [6, 6.07) is 17.2. The van der Waals surface area contributed by atoms with Gasteiger partial charge in [-0.2, -0.15) is 16.9 Å².